The summed E-state index contributed by atoms with van der Waals surface area (Å²) in [5.41, 5.74) is 0. The van der Waals surface area contributed by atoms with Crippen molar-refractivity contribution in [1.29, 1.82) is 0 Å². The van der Waals surface area contributed by atoms with Crippen LogP contribution < -0.4 is 0 Å². The zero-order chi connectivity index (χ0) is 24.3. The summed E-state index contributed by atoms with van der Waals surface area (Å²) >= 11 is 0. The van der Waals surface area contributed by atoms with Crippen LogP contribution in [0.25, 0.3) is 0 Å². The number of rotatable bonds is 12. The molecule has 0 aromatic heterocycles. The van der Waals surface area contributed by atoms with Crippen LogP contribution in [0.15, 0.2) is 0 Å². The van der Waals surface area contributed by atoms with E-state index < -0.39 is 0 Å². The summed E-state index contributed by atoms with van der Waals surface area (Å²) in [6, 6.07) is 0. The summed E-state index contributed by atoms with van der Waals surface area (Å²) in [4.78, 5) is 0. The van der Waals surface area contributed by atoms with Crippen molar-refractivity contribution >= 4 is 0 Å². The molecule has 0 aromatic carbocycles. The van der Waals surface area contributed by atoms with Crippen molar-refractivity contribution in [3.8, 4) is 0 Å². The molecule has 0 heterocycles. The zero-order valence-electron chi connectivity index (χ0n) is 24.3. The van der Waals surface area contributed by atoms with Gasteiger partial charge in [0.15, 0.2) is 0 Å². The lowest BCUT2D eigenvalue weighted by molar-refractivity contribution is 0.174. The summed E-state index contributed by atoms with van der Waals surface area (Å²) in [5, 5.41) is 0. The number of hydrogen-bond acceptors (Lipinski definition) is 0. The summed E-state index contributed by atoms with van der Waals surface area (Å²) in [6.45, 7) is 4.74. The van der Waals surface area contributed by atoms with Crippen molar-refractivity contribution in [2.75, 3.05) is 0 Å². The average Bonchev–Trinajstić information content (AvgIpc) is 2.89. The molecule has 204 valence electrons. The quantitative estimate of drug-likeness (QED) is 0.258. The Morgan fingerprint density at radius 2 is 0.543 bits per heavy atom. The normalized spacial score (nSPS) is 38.9. The van der Waals surface area contributed by atoms with Crippen molar-refractivity contribution in [2.45, 2.75) is 174 Å². The van der Waals surface area contributed by atoms with E-state index in [-0.39, 0.29) is 0 Å². The van der Waals surface area contributed by atoms with Gasteiger partial charge in [0.1, 0.15) is 0 Å². The van der Waals surface area contributed by atoms with Crippen LogP contribution >= 0.6 is 0 Å². The van der Waals surface area contributed by atoms with Gasteiger partial charge in [0.05, 0.1) is 0 Å². The molecule has 0 saturated heterocycles. The second kappa shape index (κ2) is 15.4. The Morgan fingerprint density at radius 1 is 0.314 bits per heavy atom. The minimum absolute atomic E-state index is 1.08. The first-order valence-corrected chi connectivity index (χ1v) is 17.2. The van der Waals surface area contributed by atoms with Gasteiger partial charge < -0.3 is 0 Å². The maximum Gasteiger partial charge on any atom is -0.0411 e. The second-order valence-corrected chi connectivity index (χ2v) is 14.5. The van der Waals surface area contributed by atoms with Crippen LogP contribution in [0.1, 0.15) is 174 Å². The molecule has 0 atom stereocenters. The highest BCUT2D eigenvalue weighted by molar-refractivity contribution is 4.81. The number of hydrogen-bond donors (Lipinski definition) is 0. The third-order valence-corrected chi connectivity index (χ3v) is 11.8. The Labute approximate surface area is 221 Å². The fraction of sp³-hybridized carbons (Fsp3) is 1.00. The SMILES string of the molecule is CCCC1CCC(CC2CCC(CCCC3CCC(CC4CCC(CCC)CC4)CC3)CC2)CC1. The minimum Gasteiger partial charge on any atom is -0.0654 e. The first-order valence-electron chi connectivity index (χ1n) is 17.2. The topological polar surface area (TPSA) is 0 Å². The highest BCUT2D eigenvalue weighted by Gasteiger charge is 2.28. The summed E-state index contributed by atoms with van der Waals surface area (Å²) in [6.07, 6.45) is 38.7. The highest BCUT2D eigenvalue weighted by atomic mass is 14.3. The van der Waals surface area contributed by atoms with E-state index in [0.717, 1.165) is 47.3 Å². The fourth-order valence-electron chi connectivity index (χ4n) is 9.48. The molecule has 0 heteroatoms. The fourth-order valence-corrected chi connectivity index (χ4v) is 9.48. The largest absolute Gasteiger partial charge is 0.0654 e. The summed E-state index contributed by atoms with van der Waals surface area (Å²) < 4.78 is 0. The summed E-state index contributed by atoms with van der Waals surface area (Å²) in [7, 11) is 0. The second-order valence-electron chi connectivity index (χ2n) is 14.5. The predicted molar refractivity (Wildman–Crippen MR) is 155 cm³/mol. The first-order chi connectivity index (χ1) is 17.2. The molecule has 0 unspecified atom stereocenters. The third kappa shape index (κ3) is 9.67. The van der Waals surface area contributed by atoms with Crippen LogP contribution in [0.2, 0.25) is 0 Å². The molecule has 0 spiro atoms. The van der Waals surface area contributed by atoms with E-state index in [1.807, 2.05) is 0 Å². The molecule has 0 amide bonds. The molecule has 4 aliphatic rings. The molecular weight excluding hydrogens is 420 g/mol. The summed E-state index contributed by atoms with van der Waals surface area (Å²) in [5.74, 6) is 8.71. The van der Waals surface area contributed by atoms with Crippen molar-refractivity contribution in [1.82, 2.24) is 0 Å². The smallest absolute Gasteiger partial charge is 0.0411 e. The van der Waals surface area contributed by atoms with Crippen LogP contribution in [0.5, 0.6) is 0 Å². The lowest BCUT2D eigenvalue weighted by atomic mass is 9.71. The predicted octanol–water partition coefficient (Wildman–Crippen LogP) is 11.8. The molecule has 4 saturated carbocycles. The average molecular weight is 485 g/mol. The van der Waals surface area contributed by atoms with Gasteiger partial charge in [0.2, 0.25) is 0 Å². The van der Waals surface area contributed by atoms with Gasteiger partial charge in [-0.1, -0.05) is 162 Å². The van der Waals surface area contributed by atoms with Gasteiger partial charge in [-0.15, -0.1) is 0 Å². The van der Waals surface area contributed by atoms with E-state index in [2.05, 4.69) is 13.8 Å². The minimum atomic E-state index is 1.08. The molecular formula is C35H64. The van der Waals surface area contributed by atoms with Crippen molar-refractivity contribution in [3.05, 3.63) is 0 Å². The lowest BCUT2D eigenvalue weighted by Crippen LogP contribution is -2.21. The molecule has 4 aliphatic carbocycles. The van der Waals surface area contributed by atoms with Crippen molar-refractivity contribution in [3.63, 3.8) is 0 Å². The molecule has 35 heavy (non-hydrogen) atoms. The van der Waals surface area contributed by atoms with Crippen LogP contribution in [0, 0.1) is 47.3 Å². The van der Waals surface area contributed by atoms with Crippen LogP contribution in [-0.4, -0.2) is 0 Å². The van der Waals surface area contributed by atoms with E-state index in [1.54, 1.807) is 135 Å². The van der Waals surface area contributed by atoms with Gasteiger partial charge in [-0.25, -0.2) is 0 Å². The molecule has 4 rings (SSSR count). The van der Waals surface area contributed by atoms with Gasteiger partial charge in [-0.05, 0) is 60.2 Å². The Morgan fingerprint density at radius 3 is 0.800 bits per heavy atom. The maximum atomic E-state index is 2.37. The zero-order valence-corrected chi connectivity index (χ0v) is 24.3. The van der Waals surface area contributed by atoms with Crippen LogP contribution in [0.3, 0.4) is 0 Å². The van der Waals surface area contributed by atoms with Gasteiger partial charge >= 0.3 is 0 Å². The van der Waals surface area contributed by atoms with Crippen LogP contribution in [-0.2, 0) is 0 Å². The lowest BCUT2D eigenvalue weighted by Gasteiger charge is -2.35. The Bertz CT molecular complexity index is 470. The van der Waals surface area contributed by atoms with Gasteiger partial charge in [0, 0.05) is 0 Å². The molecule has 0 aromatic rings. The van der Waals surface area contributed by atoms with E-state index in [0.29, 0.717) is 0 Å². The Balaban J connectivity index is 1.00. The van der Waals surface area contributed by atoms with Gasteiger partial charge in [-0.2, -0.15) is 0 Å². The van der Waals surface area contributed by atoms with Crippen LogP contribution in [0.4, 0.5) is 0 Å². The molecule has 4 fully saturated rings. The third-order valence-electron chi connectivity index (χ3n) is 11.8. The van der Waals surface area contributed by atoms with Gasteiger partial charge in [0.25, 0.3) is 0 Å². The monoisotopic (exact) mass is 485 g/mol. The Kier molecular flexibility index (Phi) is 12.3. The van der Waals surface area contributed by atoms with E-state index in [4.69, 9.17) is 0 Å². The first kappa shape index (κ1) is 28.0. The maximum absolute atomic E-state index is 2.37. The van der Waals surface area contributed by atoms with E-state index in [1.165, 1.54) is 25.7 Å². The van der Waals surface area contributed by atoms with Crippen molar-refractivity contribution in [2.24, 2.45) is 47.3 Å². The molecule has 0 bridgehead atoms. The standard InChI is InChI=1S/C35H64/c1-3-6-28-10-18-32(19-11-28)26-34-22-14-30(15-23-34)8-5-9-31-16-24-35(25-17-31)27-33-20-12-29(7-4-2)13-21-33/h28-35H,3-27H2,1-2H3. The Hall–Kier alpha value is 0. The van der Waals surface area contributed by atoms with E-state index in [9.17, 15) is 0 Å². The highest BCUT2D eigenvalue weighted by Crippen LogP contribution is 2.42. The molecule has 0 radical (unpaired) electrons. The van der Waals surface area contributed by atoms with Crippen molar-refractivity contribution < 1.29 is 0 Å². The molecule has 0 N–H and O–H groups in total. The van der Waals surface area contributed by atoms with E-state index >= 15 is 0 Å². The molecule has 0 nitrogen and oxygen atoms in total. The van der Waals surface area contributed by atoms with Gasteiger partial charge in [-0.3, -0.25) is 0 Å². The molecule has 0 aliphatic heterocycles.